The summed E-state index contributed by atoms with van der Waals surface area (Å²) in [7, 11) is 0. The van der Waals surface area contributed by atoms with Gasteiger partial charge >= 0.3 is 0 Å². The predicted octanol–water partition coefficient (Wildman–Crippen LogP) is 4.34. The molecule has 4 rings (SSSR count). The van der Waals surface area contributed by atoms with Crippen LogP contribution in [0.1, 0.15) is 32.8 Å². The summed E-state index contributed by atoms with van der Waals surface area (Å²) < 4.78 is 0. The van der Waals surface area contributed by atoms with Crippen molar-refractivity contribution in [2.24, 2.45) is 27.5 Å². The summed E-state index contributed by atoms with van der Waals surface area (Å²) in [5.41, 5.74) is 1.28. The molecule has 1 aromatic carbocycles. The third kappa shape index (κ3) is 0.926. The largest absolute Gasteiger partial charge is 0.185 e. The van der Waals surface area contributed by atoms with E-state index in [9.17, 15) is 0 Å². The van der Waals surface area contributed by atoms with Gasteiger partial charge in [0.05, 0.1) is 5.54 Å². The van der Waals surface area contributed by atoms with Crippen LogP contribution in [0.2, 0.25) is 0 Å². The fraction of sp³-hybridized carbons (Fsp3) is 0.529. The lowest BCUT2D eigenvalue weighted by Crippen LogP contribution is -2.45. The average molecular weight is 252 g/mol. The van der Waals surface area contributed by atoms with Gasteiger partial charge in [-0.25, -0.2) is 0 Å². The van der Waals surface area contributed by atoms with Gasteiger partial charge in [-0.3, -0.25) is 0 Å². The quantitative estimate of drug-likeness (QED) is 0.700. The highest BCUT2D eigenvalue weighted by molar-refractivity contribution is 5.45. The molecule has 0 unspecified atom stereocenters. The number of rotatable bonds is 2. The van der Waals surface area contributed by atoms with Crippen LogP contribution in [0.25, 0.3) is 0 Å². The van der Waals surface area contributed by atoms with Crippen molar-refractivity contribution in [3.63, 3.8) is 0 Å². The van der Waals surface area contributed by atoms with E-state index in [0.717, 1.165) is 6.42 Å². The van der Waals surface area contributed by atoms with Gasteiger partial charge in [0.25, 0.3) is 0 Å². The Morgan fingerprint density at radius 1 is 1.00 bits per heavy atom. The maximum atomic E-state index is 4.86. The summed E-state index contributed by atoms with van der Waals surface area (Å²) in [6.07, 6.45) is 5.82. The van der Waals surface area contributed by atoms with Gasteiger partial charge in [-0.15, -0.1) is 0 Å². The highest BCUT2D eigenvalue weighted by atomic mass is 15.3. The van der Waals surface area contributed by atoms with Crippen molar-refractivity contribution in [3.05, 3.63) is 48.0 Å². The van der Waals surface area contributed by atoms with Crippen molar-refractivity contribution in [2.75, 3.05) is 0 Å². The zero-order valence-corrected chi connectivity index (χ0v) is 11.8. The van der Waals surface area contributed by atoms with Gasteiger partial charge in [-0.2, -0.15) is 10.2 Å². The van der Waals surface area contributed by atoms with Crippen LogP contribution in [0.4, 0.5) is 0 Å². The number of fused-ring (bicyclic) bond motifs is 5. The minimum atomic E-state index is -0.142. The molecule has 5 atom stereocenters. The molecule has 2 heteroatoms. The molecule has 3 aliphatic rings. The molecule has 1 aliphatic heterocycles. The first-order chi connectivity index (χ1) is 9.10. The first-order valence-electron chi connectivity index (χ1n) is 7.28. The number of hydrogen-bond donors (Lipinski definition) is 0. The second kappa shape index (κ2) is 3.17. The van der Waals surface area contributed by atoms with E-state index < -0.39 is 0 Å². The van der Waals surface area contributed by atoms with Crippen LogP contribution in [0.5, 0.6) is 0 Å². The van der Waals surface area contributed by atoms with Crippen molar-refractivity contribution in [2.45, 2.75) is 38.3 Å². The first-order valence-corrected chi connectivity index (χ1v) is 7.28. The van der Waals surface area contributed by atoms with E-state index in [-0.39, 0.29) is 16.5 Å². The van der Waals surface area contributed by atoms with Crippen LogP contribution in [0.3, 0.4) is 0 Å². The van der Waals surface area contributed by atoms with Crippen LogP contribution in [-0.2, 0) is 5.54 Å². The fourth-order valence-electron chi connectivity index (χ4n) is 4.82. The molecular weight excluding hydrogens is 232 g/mol. The van der Waals surface area contributed by atoms with Gasteiger partial charge in [0.1, 0.15) is 5.54 Å². The Balaban J connectivity index is 2.00. The van der Waals surface area contributed by atoms with Gasteiger partial charge in [-0.1, -0.05) is 56.3 Å². The Kier molecular flexibility index (Phi) is 1.90. The van der Waals surface area contributed by atoms with Gasteiger partial charge < -0.3 is 0 Å². The lowest BCUT2D eigenvalue weighted by Gasteiger charge is -2.41. The number of benzene rings is 1. The van der Waals surface area contributed by atoms with E-state index in [2.05, 4.69) is 63.3 Å². The summed E-state index contributed by atoms with van der Waals surface area (Å²) in [5, 5.41) is 9.62. The summed E-state index contributed by atoms with van der Waals surface area (Å²) in [4.78, 5) is 0. The molecule has 0 N–H and O–H groups in total. The van der Waals surface area contributed by atoms with Gasteiger partial charge in [0, 0.05) is 17.3 Å². The molecule has 0 saturated heterocycles. The van der Waals surface area contributed by atoms with E-state index in [1.165, 1.54) is 5.56 Å². The van der Waals surface area contributed by atoms with Crippen molar-refractivity contribution >= 4 is 0 Å². The van der Waals surface area contributed by atoms with Crippen LogP contribution in [-0.4, -0.2) is 5.54 Å². The maximum absolute atomic E-state index is 4.86. The molecule has 0 spiro atoms. The SMILES string of the molecule is CC[C@]1(C)[C@@]2(C)N=N[C@@]1(c1ccccc1)[C@H]1C=C[C@@H]12. The third-order valence-corrected chi connectivity index (χ3v) is 6.34. The molecule has 2 nitrogen and oxygen atoms in total. The second-order valence-electron chi connectivity index (χ2n) is 6.60. The van der Waals surface area contributed by atoms with Gasteiger partial charge in [-0.05, 0) is 18.9 Å². The van der Waals surface area contributed by atoms with Crippen molar-refractivity contribution in [1.29, 1.82) is 0 Å². The maximum Gasteiger partial charge on any atom is 0.121 e. The minimum Gasteiger partial charge on any atom is -0.185 e. The number of hydrogen-bond acceptors (Lipinski definition) is 2. The standard InChI is InChI=1S/C17H20N2/c1-4-15(2)16(3)13-10-11-14(13)17(15,19-18-16)12-8-6-5-7-9-12/h5-11,13-14H,4H2,1-3H3/t13-,14-,15+,16-,17-/m0/s1. The molecule has 2 aliphatic carbocycles. The fourth-order valence-corrected chi connectivity index (χ4v) is 4.82. The molecule has 1 saturated carbocycles. The molecule has 0 amide bonds. The minimum absolute atomic E-state index is 0.0307. The van der Waals surface area contributed by atoms with Gasteiger partial charge in [0.2, 0.25) is 0 Å². The summed E-state index contributed by atoms with van der Waals surface area (Å²) in [6, 6.07) is 10.8. The second-order valence-corrected chi connectivity index (χ2v) is 6.60. The highest BCUT2D eigenvalue weighted by Crippen LogP contribution is 2.74. The third-order valence-electron chi connectivity index (χ3n) is 6.34. The van der Waals surface area contributed by atoms with Crippen LogP contribution in [0.15, 0.2) is 52.7 Å². The van der Waals surface area contributed by atoms with Crippen LogP contribution >= 0.6 is 0 Å². The molecule has 98 valence electrons. The monoisotopic (exact) mass is 252 g/mol. The average Bonchev–Trinajstić information content (AvgIpc) is 2.67. The Morgan fingerprint density at radius 3 is 2.26 bits per heavy atom. The van der Waals surface area contributed by atoms with E-state index in [1.54, 1.807) is 0 Å². The molecule has 1 fully saturated rings. The predicted molar refractivity (Wildman–Crippen MR) is 75.9 cm³/mol. The van der Waals surface area contributed by atoms with Crippen molar-refractivity contribution in [3.8, 4) is 0 Å². The summed E-state index contributed by atoms with van der Waals surface area (Å²) >= 11 is 0. The molecule has 2 bridgehead atoms. The van der Waals surface area contributed by atoms with Gasteiger partial charge in [0.15, 0.2) is 0 Å². The van der Waals surface area contributed by atoms with Crippen molar-refractivity contribution < 1.29 is 0 Å². The summed E-state index contributed by atoms with van der Waals surface area (Å²) in [5.74, 6) is 1.09. The lowest BCUT2D eigenvalue weighted by molar-refractivity contribution is 0.138. The van der Waals surface area contributed by atoms with Crippen LogP contribution < -0.4 is 0 Å². The van der Waals surface area contributed by atoms with Crippen LogP contribution in [0, 0.1) is 17.3 Å². The zero-order valence-electron chi connectivity index (χ0n) is 11.8. The van der Waals surface area contributed by atoms with E-state index in [4.69, 9.17) is 10.2 Å². The summed E-state index contributed by atoms with van der Waals surface area (Å²) in [6.45, 7) is 6.98. The zero-order chi connectivity index (χ0) is 13.3. The van der Waals surface area contributed by atoms with Crippen molar-refractivity contribution in [1.82, 2.24) is 0 Å². The Morgan fingerprint density at radius 2 is 1.68 bits per heavy atom. The smallest absolute Gasteiger partial charge is 0.121 e. The van der Waals surface area contributed by atoms with E-state index >= 15 is 0 Å². The molecule has 0 radical (unpaired) electrons. The molecule has 1 heterocycles. The number of nitrogens with zero attached hydrogens (tertiary/aromatic N) is 2. The molecule has 19 heavy (non-hydrogen) atoms. The first kappa shape index (κ1) is 11.4. The highest BCUT2D eigenvalue weighted by Gasteiger charge is 2.77. The normalized spacial score (nSPS) is 49.2. The van der Waals surface area contributed by atoms with E-state index in [0.29, 0.717) is 11.8 Å². The molecular formula is C17H20N2. The Bertz CT molecular complexity index is 591. The molecule has 1 aromatic rings. The Labute approximate surface area is 114 Å². The lowest BCUT2D eigenvalue weighted by atomic mass is 9.62. The van der Waals surface area contributed by atoms with E-state index in [1.807, 2.05) is 0 Å². The number of azo groups is 1. The Hall–Kier alpha value is -1.44. The topological polar surface area (TPSA) is 24.7 Å². The molecule has 0 aromatic heterocycles.